The number of hydrogen-bond donors (Lipinski definition) is 3. The number of aromatic hydroxyl groups is 1. The zero-order valence-electron chi connectivity index (χ0n) is 28.9. The minimum Gasteiger partial charge on any atom is -0.507 e. The van der Waals surface area contributed by atoms with Gasteiger partial charge in [0.2, 0.25) is 0 Å². The van der Waals surface area contributed by atoms with E-state index in [0.29, 0.717) is 17.6 Å². The number of pyridine rings is 1. The third-order valence-electron chi connectivity index (χ3n) is 9.50. The second kappa shape index (κ2) is 14.9. The molecule has 7 nitrogen and oxygen atoms in total. The van der Waals surface area contributed by atoms with Crippen molar-refractivity contribution in [3.63, 3.8) is 0 Å². The number of sulfone groups is 1. The quantitative estimate of drug-likeness (QED) is 0.128. The number of benzene rings is 3. The molecule has 3 aromatic carbocycles. The molecule has 0 radical (unpaired) electrons. The van der Waals surface area contributed by atoms with Crippen molar-refractivity contribution in [2.45, 2.75) is 63.9 Å². The Morgan fingerprint density at radius 2 is 1.53 bits per heavy atom. The molecule has 2 heterocycles. The topological polar surface area (TPSA) is 117 Å². The van der Waals surface area contributed by atoms with Gasteiger partial charge in [0.05, 0.1) is 30.8 Å². The normalized spacial score (nSPS) is 17.4. The van der Waals surface area contributed by atoms with Crippen LogP contribution in [0.3, 0.4) is 0 Å². The summed E-state index contributed by atoms with van der Waals surface area (Å²) in [7, 11) is -6.77. The first-order chi connectivity index (χ1) is 23.3. The summed E-state index contributed by atoms with van der Waals surface area (Å²) in [5.74, 6) is -0.0260. The molecule has 0 saturated carbocycles. The van der Waals surface area contributed by atoms with Crippen LogP contribution in [0.4, 0.5) is 0 Å². The molecule has 1 aliphatic heterocycles. The van der Waals surface area contributed by atoms with Gasteiger partial charge in [0.15, 0.2) is 9.84 Å². The summed E-state index contributed by atoms with van der Waals surface area (Å²) in [6.45, 7) is 9.58. The molecule has 0 fully saturated rings. The van der Waals surface area contributed by atoms with Gasteiger partial charge in [-0.05, 0) is 106 Å². The highest BCUT2D eigenvalue weighted by molar-refractivity contribution is 7.92. The fourth-order valence-electron chi connectivity index (χ4n) is 7.14. The van der Waals surface area contributed by atoms with Crippen molar-refractivity contribution in [2.75, 3.05) is 19.0 Å². The first kappa shape index (κ1) is 36.4. The summed E-state index contributed by atoms with van der Waals surface area (Å²) in [4.78, 5) is 4.56. The van der Waals surface area contributed by atoms with Crippen LogP contribution in [-0.2, 0) is 14.3 Å². The molecule has 1 aromatic heterocycles. The van der Waals surface area contributed by atoms with Crippen LogP contribution < -0.4 is 10.4 Å². The fraction of sp³-hybridized carbons (Fsp3) is 0.325. The van der Waals surface area contributed by atoms with E-state index < -0.39 is 36.1 Å². The Kier molecular flexibility index (Phi) is 11.1. The molecule has 9 heteroatoms. The molecule has 3 N–H and O–H groups in total. The molecule has 0 saturated heterocycles. The van der Waals surface area contributed by atoms with E-state index in [1.54, 1.807) is 6.20 Å². The van der Waals surface area contributed by atoms with Crippen molar-refractivity contribution in [1.29, 1.82) is 0 Å². The number of phenolic OH excluding ortho intramolecular Hbond substituents is 1. The van der Waals surface area contributed by atoms with Crippen LogP contribution >= 0.6 is 0 Å². The van der Waals surface area contributed by atoms with Crippen molar-refractivity contribution in [3.8, 4) is 5.75 Å². The van der Waals surface area contributed by atoms with Gasteiger partial charge in [0.25, 0.3) is 8.32 Å². The van der Waals surface area contributed by atoms with Gasteiger partial charge in [-0.2, -0.15) is 0 Å². The minimum atomic E-state index is -3.77. The number of phenols is 1. The van der Waals surface area contributed by atoms with Gasteiger partial charge >= 0.3 is 0 Å². The number of aliphatic hydroxyl groups excluding tert-OH is 2. The fourth-order valence-corrected chi connectivity index (χ4v) is 13.6. The zero-order valence-corrected chi connectivity index (χ0v) is 30.7. The van der Waals surface area contributed by atoms with Crippen LogP contribution in [0.1, 0.15) is 56.0 Å². The molecule has 0 amide bonds. The van der Waals surface area contributed by atoms with Crippen LogP contribution in [0.15, 0.2) is 108 Å². The van der Waals surface area contributed by atoms with Gasteiger partial charge in [-0.15, -0.1) is 0 Å². The summed E-state index contributed by atoms with van der Waals surface area (Å²) in [5, 5.41) is 33.1. The number of aromatic nitrogens is 1. The van der Waals surface area contributed by atoms with E-state index in [2.05, 4.69) is 50.0 Å². The summed E-state index contributed by atoms with van der Waals surface area (Å²) >= 11 is 0. The molecular formula is C40H47NO6SSi. The number of aliphatic hydroxyl groups is 2. The van der Waals surface area contributed by atoms with Crippen LogP contribution in [0.5, 0.6) is 5.75 Å². The molecular weight excluding hydrogens is 651 g/mol. The van der Waals surface area contributed by atoms with Crippen molar-refractivity contribution in [3.05, 3.63) is 131 Å². The van der Waals surface area contributed by atoms with E-state index in [9.17, 15) is 23.7 Å². The monoisotopic (exact) mass is 697 g/mol. The highest BCUT2D eigenvalue weighted by Crippen LogP contribution is 2.39. The molecule has 49 heavy (non-hydrogen) atoms. The first-order valence-electron chi connectivity index (χ1n) is 16.7. The maximum atomic E-state index is 13.5. The first-order valence-corrected chi connectivity index (χ1v) is 20.3. The van der Waals surface area contributed by atoms with E-state index in [0.717, 1.165) is 38.3 Å². The predicted molar refractivity (Wildman–Crippen MR) is 200 cm³/mol. The molecule has 0 aliphatic carbocycles. The SMILES string of the molecule is Cc1cc(/C=C(/CC[C@@H](O)C2=C(CO[Si](c3ccccc3)(c3ccccc3)C(C)(C)C)CS(=O)(=O)[C@H]2CO)c2ccccn2)cc(C)c1O. The maximum absolute atomic E-state index is 13.5. The van der Waals surface area contributed by atoms with Crippen molar-refractivity contribution in [1.82, 2.24) is 4.98 Å². The van der Waals surface area contributed by atoms with Gasteiger partial charge < -0.3 is 19.7 Å². The van der Waals surface area contributed by atoms with E-state index in [4.69, 9.17) is 4.43 Å². The highest BCUT2D eigenvalue weighted by atomic mass is 32.2. The van der Waals surface area contributed by atoms with Crippen molar-refractivity contribution in [2.24, 2.45) is 0 Å². The number of aryl methyl sites for hydroxylation is 2. The van der Waals surface area contributed by atoms with E-state index in [1.807, 2.05) is 86.7 Å². The maximum Gasteiger partial charge on any atom is 0.261 e. The lowest BCUT2D eigenvalue weighted by Gasteiger charge is -2.43. The lowest BCUT2D eigenvalue weighted by molar-refractivity contribution is 0.188. The molecule has 5 rings (SSSR count). The summed E-state index contributed by atoms with van der Waals surface area (Å²) in [6.07, 6.45) is 3.17. The van der Waals surface area contributed by atoms with Crippen LogP contribution in [-0.4, -0.2) is 67.4 Å². The van der Waals surface area contributed by atoms with Crippen molar-refractivity contribution < 1.29 is 28.2 Å². The van der Waals surface area contributed by atoms with Gasteiger partial charge in [0.1, 0.15) is 11.0 Å². The second-order valence-electron chi connectivity index (χ2n) is 13.9. The van der Waals surface area contributed by atoms with E-state index in [1.165, 1.54) is 0 Å². The third-order valence-corrected chi connectivity index (χ3v) is 16.5. The lowest BCUT2D eigenvalue weighted by atomic mass is 9.93. The number of nitrogens with zero attached hydrogens (tertiary/aromatic N) is 1. The largest absolute Gasteiger partial charge is 0.507 e. The number of rotatable bonds is 12. The Labute approximate surface area is 291 Å². The lowest BCUT2D eigenvalue weighted by Crippen LogP contribution is -2.66. The molecule has 2 atom stereocenters. The van der Waals surface area contributed by atoms with Crippen LogP contribution in [0, 0.1) is 13.8 Å². The van der Waals surface area contributed by atoms with Gasteiger partial charge in [-0.25, -0.2) is 8.42 Å². The Bertz CT molecular complexity index is 1860. The highest BCUT2D eigenvalue weighted by Gasteiger charge is 2.51. The third kappa shape index (κ3) is 7.66. The Morgan fingerprint density at radius 3 is 2.04 bits per heavy atom. The molecule has 1 aliphatic rings. The number of allylic oxidation sites excluding steroid dienone is 1. The van der Waals surface area contributed by atoms with Gasteiger partial charge in [0, 0.05) is 6.20 Å². The molecule has 0 bridgehead atoms. The molecule has 0 unspecified atom stereocenters. The van der Waals surface area contributed by atoms with E-state index >= 15 is 0 Å². The summed E-state index contributed by atoms with van der Waals surface area (Å²) in [5.41, 5.74) is 4.83. The van der Waals surface area contributed by atoms with Crippen LogP contribution in [0.2, 0.25) is 5.04 Å². The molecule has 258 valence electrons. The Morgan fingerprint density at radius 1 is 0.959 bits per heavy atom. The standard InChI is InChI=1S/C40H47NO6SSi/c1-28-22-30(23-29(2)39(28)44)24-31(35-18-12-13-21-41-35)19-20-36(43)38-32(27-48(45,46)37(38)25-42)26-47-49(40(3,4)5,33-14-8-6-9-15-33)34-16-10-7-11-17-34/h6-18,21-24,36-37,42-44H,19-20,25-27H2,1-5H3/b31-24-/t36-,37+/m1/s1. The van der Waals surface area contributed by atoms with E-state index in [-0.39, 0.29) is 29.6 Å². The second-order valence-corrected chi connectivity index (χ2v) is 20.4. The van der Waals surface area contributed by atoms with Crippen LogP contribution in [0.25, 0.3) is 11.6 Å². The Balaban J connectivity index is 1.52. The van der Waals surface area contributed by atoms with Gasteiger partial charge in [-0.3, -0.25) is 4.98 Å². The zero-order chi connectivity index (χ0) is 35.4. The summed E-state index contributed by atoms with van der Waals surface area (Å²) in [6, 6.07) is 29.7. The minimum absolute atomic E-state index is 0.0183. The smallest absolute Gasteiger partial charge is 0.261 e. The van der Waals surface area contributed by atoms with Gasteiger partial charge in [-0.1, -0.05) is 87.5 Å². The average Bonchev–Trinajstić information content (AvgIpc) is 3.35. The summed E-state index contributed by atoms with van der Waals surface area (Å²) < 4.78 is 34.1. The number of hydrogen-bond acceptors (Lipinski definition) is 7. The Hall–Kier alpha value is -3.86. The van der Waals surface area contributed by atoms with Crippen molar-refractivity contribution >= 4 is 40.2 Å². The molecule has 0 spiro atoms. The molecule has 4 aromatic rings. The predicted octanol–water partition coefficient (Wildman–Crippen LogP) is 5.75. The average molecular weight is 698 g/mol.